The van der Waals surface area contributed by atoms with Crippen molar-refractivity contribution in [1.82, 2.24) is 10.6 Å². The van der Waals surface area contributed by atoms with Gasteiger partial charge in [-0.3, -0.25) is 9.59 Å². The van der Waals surface area contributed by atoms with Crippen LogP contribution in [0.15, 0.2) is 48.5 Å². The lowest BCUT2D eigenvalue weighted by molar-refractivity contribution is -0.125. The molecule has 3 amide bonds. The van der Waals surface area contributed by atoms with Crippen molar-refractivity contribution in [3.8, 4) is 11.8 Å². The molecule has 226 valence electrons. The number of carbonyl (C=O) groups is 3. The SMILES string of the molecule is CC(C)(C)OC(=O)NCCOCCOCCOCCNC(=O)CCC(=O)N1Cc2ccccc2C#Cc2ccccc21. The zero-order chi connectivity index (χ0) is 30.2. The van der Waals surface area contributed by atoms with Gasteiger partial charge in [-0.05, 0) is 44.5 Å². The highest BCUT2D eigenvalue weighted by molar-refractivity contribution is 5.96. The van der Waals surface area contributed by atoms with Crippen LogP contribution >= 0.6 is 0 Å². The number of anilines is 1. The molecule has 0 bridgehead atoms. The van der Waals surface area contributed by atoms with Gasteiger partial charge < -0.3 is 34.5 Å². The quantitative estimate of drug-likeness (QED) is 0.246. The summed E-state index contributed by atoms with van der Waals surface area (Å²) in [5, 5.41) is 5.41. The molecule has 2 N–H and O–H groups in total. The van der Waals surface area contributed by atoms with Gasteiger partial charge in [0.25, 0.3) is 0 Å². The molecule has 2 aromatic carbocycles. The van der Waals surface area contributed by atoms with Crippen molar-refractivity contribution >= 4 is 23.6 Å². The van der Waals surface area contributed by atoms with Crippen molar-refractivity contribution in [3.63, 3.8) is 0 Å². The van der Waals surface area contributed by atoms with Gasteiger partial charge in [0.2, 0.25) is 11.8 Å². The summed E-state index contributed by atoms with van der Waals surface area (Å²) in [6, 6.07) is 15.4. The number of amides is 3. The van der Waals surface area contributed by atoms with Crippen molar-refractivity contribution in [1.29, 1.82) is 0 Å². The molecule has 0 saturated carbocycles. The van der Waals surface area contributed by atoms with Crippen LogP contribution in [0.4, 0.5) is 10.5 Å². The van der Waals surface area contributed by atoms with Crippen LogP contribution in [0.5, 0.6) is 0 Å². The topological polar surface area (TPSA) is 115 Å². The minimum absolute atomic E-state index is 0.0846. The van der Waals surface area contributed by atoms with Gasteiger partial charge in [0.15, 0.2) is 0 Å². The van der Waals surface area contributed by atoms with E-state index in [2.05, 4.69) is 22.5 Å². The second kappa shape index (κ2) is 17.1. The maximum Gasteiger partial charge on any atom is 0.407 e. The molecule has 0 atom stereocenters. The predicted molar refractivity (Wildman–Crippen MR) is 159 cm³/mol. The van der Waals surface area contributed by atoms with E-state index in [1.807, 2.05) is 48.5 Å². The molecule has 0 saturated heterocycles. The summed E-state index contributed by atoms with van der Waals surface area (Å²) in [6.45, 7) is 8.78. The number of ether oxygens (including phenoxy) is 4. The largest absolute Gasteiger partial charge is 0.444 e. The third kappa shape index (κ3) is 11.9. The monoisotopic (exact) mass is 579 g/mol. The summed E-state index contributed by atoms with van der Waals surface area (Å²) >= 11 is 0. The van der Waals surface area contributed by atoms with E-state index in [0.717, 1.165) is 22.4 Å². The van der Waals surface area contributed by atoms with E-state index in [4.69, 9.17) is 18.9 Å². The van der Waals surface area contributed by atoms with Crippen LogP contribution in [0, 0.1) is 11.8 Å². The standard InChI is InChI=1S/C32H41N3O7/c1-32(2,3)42-31(38)34-17-19-40-21-23-41-22-20-39-18-16-33-29(36)14-15-30(37)35-24-27-10-5-4-8-25(27)12-13-26-9-6-7-11-28(26)35/h4-11H,14-24H2,1-3H3,(H,33,36)(H,34,38). The maximum absolute atomic E-state index is 13.2. The lowest BCUT2D eigenvalue weighted by Crippen LogP contribution is -2.34. The molecule has 0 fully saturated rings. The van der Waals surface area contributed by atoms with Gasteiger partial charge in [0.1, 0.15) is 5.60 Å². The summed E-state index contributed by atoms with van der Waals surface area (Å²) in [6.07, 6.45) is -0.300. The number of benzene rings is 2. The first-order valence-electron chi connectivity index (χ1n) is 14.2. The normalized spacial score (nSPS) is 12.1. The van der Waals surface area contributed by atoms with Gasteiger partial charge >= 0.3 is 6.09 Å². The first-order valence-corrected chi connectivity index (χ1v) is 14.2. The lowest BCUT2D eigenvalue weighted by Gasteiger charge is -2.26. The third-order valence-electron chi connectivity index (χ3n) is 5.97. The Kier molecular flexibility index (Phi) is 13.3. The third-order valence-corrected chi connectivity index (χ3v) is 5.97. The summed E-state index contributed by atoms with van der Waals surface area (Å²) in [7, 11) is 0. The number of para-hydroxylation sites is 1. The first-order chi connectivity index (χ1) is 20.2. The van der Waals surface area contributed by atoms with E-state index in [1.165, 1.54) is 0 Å². The van der Waals surface area contributed by atoms with Crippen LogP contribution in [-0.4, -0.2) is 76.2 Å². The molecule has 1 aliphatic heterocycles. The number of hydrogen-bond acceptors (Lipinski definition) is 7. The molecule has 0 aromatic heterocycles. The van der Waals surface area contributed by atoms with Crippen molar-refractivity contribution in [3.05, 3.63) is 65.2 Å². The van der Waals surface area contributed by atoms with Crippen LogP contribution in [0.2, 0.25) is 0 Å². The summed E-state index contributed by atoms with van der Waals surface area (Å²) in [4.78, 5) is 38.8. The van der Waals surface area contributed by atoms with Gasteiger partial charge in [-0.25, -0.2) is 4.79 Å². The highest BCUT2D eigenvalue weighted by atomic mass is 16.6. The number of fused-ring (bicyclic) bond motifs is 2. The van der Waals surface area contributed by atoms with Gasteiger partial charge in [-0.2, -0.15) is 0 Å². The van der Waals surface area contributed by atoms with Gasteiger partial charge in [-0.1, -0.05) is 42.2 Å². The van der Waals surface area contributed by atoms with Gasteiger partial charge in [-0.15, -0.1) is 0 Å². The second-order valence-corrected chi connectivity index (χ2v) is 10.5. The molecule has 3 rings (SSSR count). The molecular weight excluding hydrogens is 538 g/mol. The minimum atomic E-state index is -0.530. The minimum Gasteiger partial charge on any atom is -0.444 e. The number of nitrogens with zero attached hydrogens (tertiary/aromatic N) is 1. The Hall–Kier alpha value is -3.91. The molecule has 42 heavy (non-hydrogen) atoms. The second-order valence-electron chi connectivity index (χ2n) is 10.5. The van der Waals surface area contributed by atoms with Crippen molar-refractivity contribution in [2.75, 3.05) is 57.6 Å². The molecule has 0 aliphatic carbocycles. The molecule has 0 radical (unpaired) electrons. The highest BCUT2D eigenvalue weighted by Gasteiger charge is 2.21. The van der Waals surface area contributed by atoms with E-state index >= 15 is 0 Å². The van der Waals surface area contributed by atoms with E-state index in [1.54, 1.807) is 25.7 Å². The molecule has 10 heteroatoms. The van der Waals surface area contributed by atoms with Gasteiger partial charge in [0.05, 0.1) is 51.9 Å². The summed E-state index contributed by atoms with van der Waals surface area (Å²) in [5.74, 6) is 6.04. The first kappa shape index (κ1) is 32.6. The Balaban J connectivity index is 1.23. The fourth-order valence-electron chi connectivity index (χ4n) is 4.00. The number of nitrogens with one attached hydrogen (secondary N) is 2. The Bertz CT molecular complexity index is 1250. The van der Waals surface area contributed by atoms with Crippen molar-refractivity contribution in [2.24, 2.45) is 0 Å². The van der Waals surface area contributed by atoms with Crippen LogP contribution in [0.1, 0.15) is 50.3 Å². The number of hydrogen-bond donors (Lipinski definition) is 2. The molecular formula is C32H41N3O7. The number of rotatable bonds is 15. The zero-order valence-corrected chi connectivity index (χ0v) is 24.7. The average Bonchev–Trinajstić information content (AvgIpc) is 2.94. The lowest BCUT2D eigenvalue weighted by atomic mass is 10.0. The van der Waals surface area contributed by atoms with Crippen LogP contribution < -0.4 is 15.5 Å². The zero-order valence-electron chi connectivity index (χ0n) is 24.7. The molecule has 0 spiro atoms. The van der Waals surface area contributed by atoms with E-state index in [0.29, 0.717) is 59.3 Å². The molecule has 1 aliphatic rings. The molecule has 10 nitrogen and oxygen atoms in total. The number of alkyl carbamates (subject to hydrolysis) is 1. The smallest absolute Gasteiger partial charge is 0.407 e. The number of carbonyl (C=O) groups excluding carboxylic acids is 3. The maximum atomic E-state index is 13.2. The summed E-state index contributed by atoms with van der Waals surface area (Å²) in [5.41, 5.74) is 2.87. The summed E-state index contributed by atoms with van der Waals surface area (Å²) < 4.78 is 21.5. The fraction of sp³-hybridized carbons (Fsp3) is 0.469. The Morgan fingerprint density at radius 2 is 1.33 bits per heavy atom. The van der Waals surface area contributed by atoms with E-state index in [-0.39, 0.29) is 24.7 Å². The van der Waals surface area contributed by atoms with Crippen LogP contribution in [0.25, 0.3) is 0 Å². The van der Waals surface area contributed by atoms with Crippen LogP contribution in [-0.2, 0) is 35.1 Å². The Morgan fingerprint density at radius 1 is 0.762 bits per heavy atom. The molecule has 1 heterocycles. The van der Waals surface area contributed by atoms with Crippen molar-refractivity contribution < 1.29 is 33.3 Å². The Labute approximate surface area is 248 Å². The van der Waals surface area contributed by atoms with Crippen LogP contribution in [0.3, 0.4) is 0 Å². The molecule has 0 unspecified atom stereocenters. The van der Waals surface area contributed by atoms with E-state index < -0.39 is 11.7 Å². The highest BCUT2D eigenvalue weighted by Crippen LogP contribution is 2.26. The van der Waals surface area contributed by atoms with Gasteiger partial charge in [0, 0.05) is 37.1 Å². The van der Waals surface area contributed by atoms with Crippen molar-refractivity contribution in [2.45, 2.75) is 45.8 Å². The molecule has 2 aromatic rings. The van der Waals surface area contributed by atoms with E-state index in [9.17, 15) is 14.4 Å². The Morgan fingerprint density at radius 3 is 2.02 bits per heavy atom. The average molecular weight is 580 g/mol. The fourth-order valence-corrected chi connectivity index (χ4v) is 4.00. The predicted octanol–water partition coefficient (Wildman–Crippen LogP) is 3.40.